The number of carbonyl (C=O) groups is 3. The van der Waals surface area contributed by atoms with Gasteiger partial charge in [-0.15, -0.1) is 11.8 Å². The molecule has 0 aromatic heterocycles. The van der Waals surface area contributed by atoms with Gasteiger partial charge in [0.25, 0.3) is 5.91 Å². The third-order valence-electron chi connectivity index (χ3n) is 5.51. The van der Waals surface area contributed by atoms with Crippen LogP contribution < -0.4 is 15.4 Å². The molecule has 0 aliphatic carbocycles. The topological polar surface area (TPSA) is 105 Å². The average Bonchev–Trinajstić information content (AvgIpc) is 2.88. The van der Waals surface area contributed by atoms with Crippen LogP contribution in [0.4, 0.5) is 11.4 Å². The first-order valence-electron chi connectivity index (χ1n) is 11.1. The molecule has 182 valence electrons. The number of anilines is 2. The lowest BCUT2D eigenvalue weighted by Gasteiger charge is -2.14. The highest BCUT2D eigenvalue weighted by atomic mass is 32.2. The predicted octanol–water partition coefficient (Wildman–Crippen LogP) is 5.92. The number of carboxylic acids is 1. The number of fused-ring (bicyclic) bond motifs is 1. The molecule has 0 heterocycles. The van der Waals surface area contributed by atoms with Crippen LogP contribution >= 0.6 is 11.8 Å². The minimum Gasteiger partial charge on any atom is -0.497 e. The van der Waals surface area contributed by atoms with E-state index in [1.807, 2.05) is 6.07 Å². The van der Waals surface area contributed by atoms with Crippen molar-refractivity contribution >= 4 is 51.7 Å². The van der Waals surface area contributed by atoms with Crippen molar-refractivity contribution in [2.75, 3.05) is 17.7 Å². The lowest BCUT2D eigenvalue weighted by molar-refractivity contribution is -0.115. The number of benzene rings is 4. The zero-order chi connectivity index (χ0) is 25.7. The summed E-state index contributed by atoms with van der Waals surface area (Å²) < 4.78 is 5.13. The molecule has 0 bridgehead atoms. The molecule has 3 N–H and O–H groups in total. The Hall–Kier alpha value is -4.30. The van der Waals surface area contributed by atoms with Gasteiger partial charge in [0.2, 0.25) is 5.91 Å². The molecule has 1 atom stereocenters. The number of aromatic carboxylic acids is 1. The molecule has 0 saturated heterocycles. The first-order chi connectivity index (χ1) is 17.4. The van der Waals surface area contributed by atoms with E-state index in [9.17, 15) is 19.5 Å². The van der Waals surface area contributed by atoms with Crippen LogP contribution in [-0.2, 0) is 4.79 Å². The summed E-state index contributed by atoms with van der Waals surface area (Å²) in [5, 5.41) is 16.0. The minimum absolute atomic E-state index is 0.0688. The van der Waals surface area contributed by atoms with Crippen molar-refractivity contribution in [1.82, 2.24) is 0 Å². The van der Waals surface area contributed by atoms with Crippen LogP contribution in [0.25, 0.3) is 10.8 Å². The largest absolute Gasteiger partial charge is 0.497 e. The van der Waals surface area contributed by atoms with Crippen molar-refractivity contribution in [2.24, 2.45) is 0 Å². The zero-order valence-corrected chi connectivity index (χ0v) is 20.5. The second kappa shape index (κ2) is 11.0. The molecular weight excluding hydrogens is 476 g/mol. The number of hydrogen-bond donors (Lipinski definition) is 3. The molecule has 8 heteroatoms. The fraction of sp³-hybridized carbons (Fsp3) is 0.107. The van der Waals surface area contributed by atoms with Crippen molar-refractivity contribution in [3.63, 3.8) is 0 Å². The van der Waals surface area contributed by atoms with E-state index in [0.717, 1.165) is 4.90 Å². The quantitative estimate of drug-likeness (QED) is 0.260. The van der Waals surface area contributed by atoms with Gasteiger partial charge in [-0.05, 0) is 66.9 Å². The van der Waals surface area contributed by atoms with E-state index in [1.54, 1.807) is 86.8 Å². The summed E-state index contributed by atoms with van der Waals surface area (Å²) in [6.45, 7) is 1.80. The fourth-order valence-corrected chi connectivity index (χ4v) is 4.66. The summed E-state index contributed by atoms with van der Waals surface area (Å²) in [6, 6.07) is 24.3. The lowest BCUT2D eigenvalue weighted by atomic mass is 9.98. The van der Waals surface area contributed by atoms with Gasteiger partial charge in [0, 0.05) is 27.2 Å². The molecule has 7 nitrogen and oxygen atoms in total. The Labute approximate surface area is 212 Å². The Morgan fingerprint density at radius 1 is 0.833 bits per heavy atom. The molecule has 1 unspecified atom stereocenters. The molecule has 0 aliphatic heterocycles. The first kappa shape index (κ1) is 24.8. The molecule has 2 amide bonds. The van der Waals surface area contributed by atoms with E-state index in [1.165, 1.54) is 17.8 Å². The van der Waals surface area contributed by atoms with E-state index in [0.29, 0.717) is 27.9 Å². The Balaban J connectivity index is 1.47. The third-order valence-corrected chi connectivity index (χ3v) is 6.61. The van der Waals surface area contributed by atoms with Crippen molar-refractivity contribution in [2.45, 2.75) is 17.1 Å². The van der Waals surface area contributed by atoms with Crippen LogP contribution in [0.1, 0.15) is 27.6 Å². The summed E-state index contributed by atoms with van der Waals surface area (Å²) in [5.41, 5.74) is 1.55. The van der Waals surface area contributed by atoms with E-state index < -0.39 is 17.1 Å². The summed E-state index contributed by atoms with van der Waals surface area (Å²) >= 11 is 1.36. The van der Waals surface area contributed by atoms with Crippen LogP contribution in [0.2, 0.25) is 0 Å². The molecule has 0 aliphatic rings. The van der Waals surface area contributed by atoms with Gasteiger partial charge in [-0.2, -0.15) is 0 Å². The van der Waals surface area contributed by atoms with E-state index in [2.05, 4.69) is 10.6 Å². The van der Waals surface area contributed by atoms with E-state index >= 15 is 0 Å². The Kier molecular flexibility index (Phi) is 7.56. The number of thioether (sulfide) groups is 1. The van der Waals surface area contributed by atoms with Gasteiger partial charge >= 0.3 is 5.97 Å². The second-order valence-electron chi connectivity index (χ2n) is 7.97. The van der Waals surface area contributed by atoms with Gasteiger partial charge in [-0.25, -0.2) is 4.79 Å². The summed E-state index contributed by atoms with van der Waals surface area (Å²) in [6.07, 6.45) is 0. The maximum Gasteiger partial charge on any atom is 0.336 e. The van der Waals surface area contributed by atoms with Crippen molar-refractivity contribution in [3.8, 4) is 5.75 Å². The molecule has 4 aromatic rings. The molecule has 36 heavy (non-hydrogen) atoms. The summed E-state index contributed by atoms with van der Waals surface area (Å²) in [4.78, 5) is 38.3. The zero-order valence-electron chi connectivity index (χ0n) is 19.6. The average molecular weight is 501 g/mol. The Morgan fingerprint density at radius 3 is 2.17 bits per heavy atom. The molecule has 0 fully saturated rings. The van der Waals surface area contributed by atoms with Crippen LogP contribution in [-0.4, -0.2) is 35.2 Å². The van der Waals surface area contributed by atoms with Crippen LogP contribution in [0.5, 0.6) is 5.75 Å². The number of methoxy groups -OCH3 is 1. The highest BCUT2D eigenvalue weighted by molar-refractivity contribution is 8.00. The van der Waals surface area contributed by atoms with Gasteiger partial charge in [-0.1, -0.05) is 30.3 Å². The van der Waals surface area contributed by atoms with Crippen LogP contribution in [0.3, 0.4) is 0 Å². The number of nitrogens with one attached hydrogen (secondary N) is 2. The summed E-state index contributed by atoms with van der Waals surface area (Å²) in [7, 11) is 1.58. The number of hydrogen-bond acceptors (Lipinski definition) is 5. The van der Waals surface area contributed by atoms with Crippen LogP contribution in [0, 0.1) is 0 Å². The van der Waals surface area contributed by atoms with Crippen molar-refractivity contribution in [1.29, 1.82) is 0 Å². The highest BCUT2D eigenvalue weighted by Gasteiger charge is 2.18. The maximum absolute atomic E-state index is 13.1. The van der Waals surface area contributed by atoms with Crippen molar-refractivity contribution < 1.29 is 24.2 Å². The van der Waals surface area contributed by atoms with E-state index in [-0.39, 0.29) is 17.0 Å². The maximum atomic E-state index is 13.1. The Bertz CT molecular complexity index is 1430. The minimum atomic E-state index is -1.10. The van der Waals surface area contributed by atoms with E-state index in [4.69, 9.17) is 4.74 Å². The normalized spacial score (nSPS) is 11.5. The molecule has 4 rings (SSSR count). The number of carboxylic acid groups (broad SMARTS) is 1. The summed E-state index contributed by atoms with van der Waals surface area (Å²) in [5.74, 6) is -0.962. The molecule has 0 radical (unpaired) electrons. The molecule has 0 spiro atoms. The third kappa shape index (κ3) is 5.67. The highest BCUT2D eigenvalue weighted by Crippen LogP contribution is 2.28. The number of ether oxygens (including phenoxy) is 1. The molecular formula is C28H24N2O5S. The lowest BCUT2D eigenvalue weighted by Crippen LogP contribution is -2.22. The molecule has 0 saturated carbocycles. The van der Waals surface area contributed by atoms with Crippen LogP contribution in [0.15, 0.2) is 89.8 Å². The number of rotatable bonds is 8. The molecule has 4 aromatic carbocycles. The standard InChI is InChI=1S/C28H24N2O5S/c1-17(26(31)29-19-12-14-21(35-2)15-13-19)36-22-9-5-8-20(16-22)30-27(32)23-10-3-6-18-7-4-11-24(25(18)23)28(33)34/h3-17H,1-2H3,(H,29,31)(H,30,32)(H,33,34). The smallest absolute Gasteiger partial charge is 0.336 e. The first-order valence-corrected chi connectivity index (χ1v) is 12.0. The van der Waals surface area contributed by atoms with Gasteiger partial charge in [0.05, 0.1) is 17.9 Å². The Morgan fingerprint density at radius 2 is 1.50 bits per heavy atom. The van der Waals surface area contributed by atoms with Gasteiger partial charge in [0.1, 0.15) is 5.75 Å². The van der Waals surface area contributed by atoms with Gasteiger partial charge in [-0.3, -0.25) is 9.59 Å². The van der Waals surface area contributed by atoms with Crippen molar-refractivity contribution in [3.05, 3.63) is 96.1 Å². The second-order valence-corrected chi connectivity index (χ2v) is 9.39. The van der Waals surface area contributed by atoms with Gasteiger partial charge < -0.3 is 20.5 Å². The SMILES string of the molecule is COc1ccc(NC(=O)C(C)Sc2cccc(NC(=O)c3cccc4cccc(C(=O)O)c34)c2)cc1. The number of carbonyl (C=O) groups excluding carboxylic acids is 2. The monoisotopic (exact) mass is 500 g/mol. The number of amides is 2. The fourth-order valence-electron chi connectivity index (χ4n) is 3.73. The van der Waals surface area contributed by atoms with Gasteiger partial charge in [0.15, 0.2) is 0 Å². The predicted molar refractivity (Wildman–Crippen MR) is 142 cm³/mol.